The van der Waals surface area contributed by atoms with Crippen molar-refractivity contribution in [3.05, 3.63) is 22.7 Å². The standard InChI is InChI=1S/C16H25BrN2O3S/c1-12(2)19-9-7-13(8-10-19)18(3)23(20,21)14-5-6-16(22-4)15(17)11-14/h5-6,11-13H,7-10H2,1-4H3. The van der Waals surface area contributed by atoms with E-state index >= 15 is 0 Å². The summed E-state index contributed by atoms with van der Waals surface area (Å²) in [4.78, 5) is 2.68. The molecule has 2 rings (SSSR count). The van der Waals surface area contributed by atoms with Crippen LogP contribution in [0.3, 0.4) is 0 Å². The lowest BCUT2D eigenvalue weighted by Crippen LogP contribution is -2.47. The molecule has 1 aromatic rings. The highest BCUT2D eigenvalue weighted by atomic mass is 79.9. The van der Waals surface area contributed by atoms with Crippen molar-refractivity contribution in [2.75, 3.05) is 27.2 Å². The van der Waals surface area contributed by atoms with Gasteiger partial charge in [0.15, 0.2) is 0 Å². The van der Waals surface area contributed by atoms with E-state index in [-0.39, 0.29) is 6.04 Å². The Morgan fingerprint density at radius 2 is 1.91 bits per heavy atom. The van der Waals surface area contributed by atoms with Crippen LogP contribution in [0, 0.1) is 0 Å². The lowest BCUT2D eigenvalue weighted by atomic mass is 10.0. The smallest absolute Gasteiger partial charge is 0.243 e. The Balaban J connectivity index is 2.15. The highest BCUT2D eigenvalue weighted by Crippen LogP contribution is 2.30. The first kappa shape index (κ1) is 18.7. The number of benzene rings is 1. The molecule has 0 spiro atoms. The minimum atomic E-state index is -3.49. The zero-order chi connectivity index (χ0) is 17.2. The van der Waals surface area contributed by atoms with Gasteiger partial charge >= 0.3 is 0 Å². The van der Waals surface area contributed by atoms with E-state index in [0.717, 1.165) is 25.9 Å². The van der Waals surface area contributed by atoms with E-state index in [2.05, 4.69) is 34.7 Å². The number of nitrogens with zero attached hydrogens (tertiary/aromatic N) is 2. The van der Waals surface area contributed by atoms with Gasteiger partial charge in [0.2, 0.25) is 10.0 Å². The molecule has 1 aliphatic heterocycles. The molecular weight excluding hydrogens is 380 g/mol. The van der Waals surface area contributed by atoms with Crippen LogP contribution in [0.4, 0.5) is 0 Å². The van der Waals surface area contributed by atoms with Crippen LogP contribution in [-0.2, 0) is 10.0 Å². The van der Waals surface area contributed by atoms with Crippen LogP contribution in [-0.4, -0.2) is 57.0 Å². The number of methoxy groups -OCH3 is 1. The van der Waals surface area contributed by atoms with E-state index in [4.69, 9.17) is 4.74 Å². The maximum Gasteiger partial charge on any atom is 0.243 e. The van der Waals surface area contributed by atoms with Crippen LogP contribution < -0.4 is 4.74 Å². The number of hydrogen-bond donors (Lipinski definition) is 0. The largest absolute Gasteiger partial charge is 0.496 e. The number of sulfonamides is 1. The van der Waals surface area contributed by atoms with Crippen molar-refractivity contribution in [3.63, 3.8) is 0 Å². The minimum Gasteiger partial charge on any atom is -0.496 e. The van der Waals surface area contributed by atoms with E-state index in [0.29, 0.717) is 21.2 Å². The minimum absolute atomic E-state index is 0.0517. The van der Waals surface area contributed by atoms with Gasteiger partial charge in [-0.05, 0) is 73.9 Å². The molecule has 0 radical (unpaired) electrons. The molecule has 5 nitrogen and oxygen atoms in total. The zero-order valence-corrected chi connectivity index (χ0v) is 16.5. The Bertz CT molecular complexity index is 641. The van der Waals surface area contributed by atoms with Gasteiger partial charge < -0.3 is 9.64 Å². The Morgan fingerprint density at radius 1 is 1.30 bits per heavy atom. The lowest BCUT2D eigenvalue weighted by molar-refractivity contribution is 0.140. The van der Waals surface area contributed by atoms with Gasteiger partial charge in [0.25, 0.3) is 0 Å². The summed E-state index contributed by atoms with van der Waals surface area (Å²) in [5, 5.41) is 0. The fourth-order valence-electron chi connectivity index (χ4n) is 2.94. The van der Waals surface area contributed by atoms with Crippen LogP contribution in [0.1, 0.15) is 26.7 Å². The van der Waals surface area contributed by atoms with Gasteiger partial charge in [0.1, 0.15) is 5.75 Å². The molecule has 0 aliphatic carbocycles. The topological polar surface area (TPSA) is 49.9 Å². The maximum atomic E-state index is 12.8. The molecule has 0 atom stereocenters. The van der Waals surface area contributed by atoms with E-state index < -0.39 is 10.0 Å². The molecule has 130 valence electrons. The number of piperidine rings is 1. The van der Waals surface area contributed by atoms with Gasteiger partial charge in [0, 0.05) is 19.1 Å². The molecule has 1 aliphatic rings. The van der Waals surface area contributed by atoms with Gasteiger partial charge in [-0.1, -0.05) is 0 Å². The Labute approximate surface area is 147 Å². The molecule has 0 bridgehead atoms. The number of rotatable bonds is 5. The second-order valence-electron chi connectivity index (χ2n) is 6.18. The zero-order valence-electron chi connectivity index (χ0n) is 14.1. The van der Waals surface area contributed by atoms with E-state index in [1.54, 1.807) is 32.4 Å². The quantitative estimate of drug-likeness (QED) is 0.756. The first-order valence-corrected chi connectivity index (χ1v) is 10.1. The highest BCUT2D eigenvalue weighted by molar-refractivity contribution is 9.10. The molecule has 1 saturated heterocycles. The Morgan fingerprint density at radius 3 is 2.39 bits per heavy atom. The third-order valence-corrected chi connectivity index (χ3v) is 7.07. The van der Waals surface area contributed by atoms with Crippen molar-refractivity contribution in [2.45, 2.75) is 43.7 Å². The van der Waals surface area contributed by atoms with E-state index in [9.17, 15) is 8.42 Å². The fourth-order valence-corrected chi connectivity index (χ4v) is 5.07. The van der Waals surface area contributed by atoms with Crippen molar-refractivity contribution < 1.29 is 13.2 Å². The monoisotopic (exact) mass is 404 g/mol. The summed E-state index contributed by atoms with van der Waals surface area (Å²) in [7, 11) is -0.252. The molecule has 0 aromatic heterocycles. The van der Waals surface area contributed by atoms with Gasteiger partial charge in [-0.15, -0.1) is 0 Å². The fraction of sp³-hybridized carbons (Fsp3) is 0.625. The maximum absolute atomic E-state index is 12.8. The van der Waals surface area contributed by atoms with Crippen LogP contribution >= 0.6 is 15.9 Å². The molecule has 0 saturated carbocycles. The average molecular weight is 405 g/mol. The van der Waals surface area contributed by atoms with Gasteiger partial charge in [-0.25, -0.2) is 8.42 Å². The number of halogens is 1. The number of likely N-dealkylation sites (tertiary alicyclic amines) is 1. The normalized spacial score (nSPS) is 17.9. The van der Waals surface area contributed by atoms with Crippen LogP contribution in [0.2, 0.25) is 0 Å². The molecular formula is C16H25BrN2O3S. The lowest BCUT2D eigenvalue weighted by Gasteiger charge is -2.38. The van der Waals surface area contributed by atoms with Crippen molar-refractivity contribution in [1.29, 1.82) is 0 Å². The first-order valence-electron chi connectivity index (χ1n) is 7.83. The van der Waals surface area contributed by atoms with Crippen molar-refractivity contribution >= 4 is 26.0 Å². The van der Waals surface area contributed by atoms with Gasteiger partial charge in [-0.2, -0.15) is 4.31 Å². The van der Waals surface area contributed by atoms with Crippen LogP contribution in [0.5, 0.6) is 5.75 Å². The van der Waals surface area contributed by atoms with Crippen molar-refractivity contribution in [3.8, 4) is 5.75 Å². The summed E-state index contributed by atoms with van der Waals surface area (Å²) in [5.41, 5.74) is 0. The van der Waals surface area contributed by atoms with E-state index in [1.807, 2.05) is 0 Å². The molecule has 1 heterocycles. The average Bonchev–Trinajstić information content (AvgIpc) is 2.54. The molecule has 1 aromatic carbocycles. The summed E-state index contributed by atoms with van der Waals surface area (Å²) in [6, 6.07) is 5.44. The van der Waals surface area contributed by atoms with Gasteiger partial charge in [-0.3, -0.25) is 0 Å². The Hall–Kier alpha value is -0.630. The summed E-state index contributed by atoms with van der Waals surface area (Å²) < 4.78 is 33.0. The molecule has 1 fully saturated rings. The molecule has 0 amide bonds. The Kier molecular flexibility index (Phi) is 6.10. The van der Waals surface area contributed by atoms with Crippen LogP contribution in [0.25, 0.3) is 0 Å². The summed E-state index contributed by atoms with van der Waals surface area (Å²) in [5.74, 6) is 0.622. The third-order valence-electron chi connectivity index (χ3n) is 4.54. The van der Waals surface area contributed by atoms with Gasteiger partial charge in [0.05, 0.1) is 16.5 Å². The third kappa shape index (κ3) is 4.07. The summed E-state index contributed by atoms with van der Waals surface area (Å²) in [6.45, 7) is 6.23. The summed E-state index contributed by atoms with van der Waals surface area (Å²) >= 11 is 3.35. The molecule has 7 heteroatoms. The molecule has 0 N–H and O–H groups in total. The molecule has 23 heavy (non-hydrogen) atoms. The first-order chi connectivity index (χ1) is 10.8. The number of hydrogen-bond acceptors (Lipinski definition) is 4. The van der Waals surface area contributed by atoms with E-state index in [1.165, 1.54) is 4.31 Å². The van der Waals surface area contributed by atoms with Crippen molar-refractivity contribution in [2.24, 2.45) is 0 Å². The second-order valence-corrected chi connectivity index (χ2v) is 9.03. The SMILES string of the molecule is COc1ccc(S(=O)(=O)N(C)C2CCN(C(C)C)CC2)cc1Br. The second kappa shape index (κ2) is 7.51. The summed E-state index contributed by atoms with van der Waals surface area (Å²) in [6.07, 6.45) is 1.73. The molecule has 0 unspecified atom stereocenters. The number of ether oxygens (including phenoxy) is 1. The predicted octanol–water partition coefficient (Wildman–Crippen LogP) is 2.95. The predicted molar refractivity (Wildman–Crippen MR) is 95.4 cm³/mol. The van der Waals surface area contributed by atoms with Crippen LogP contribution in [0.15, 0.2) is 27.6 Å². The van der Waals surface area contributed by atoms with Crippen molar-refractivity contribution in [1.82, 2.24) is 9.21 Å². The highest BCUT2D eigenvalue weighted by Gasteiger charge is 2.31.